The Morgan fingerprint density at radius 2 is 0.528 bits per heavy atom. The van der Waals surface area contributed by atoms with Gasteiger partial charge >= 0.3 is 0 Å². The molecule has 0 aliphatic rings. The number of benzene rings is 20. The van der Waals surface area contributed by atoms with E-state index >= 15 is 0 Å². The summed E-state index contributed by atoms with van der Waals surface area (Å²) in [5.41, 5.74) is 31.0. The molecule has 670 valence electrons. The Balaban J connectivity index is 0.000000105. The molecule has 9 nitrogen and oxygen atoms in total. The molecule has 0 saturated carbocycles. The van der Waals surface area contributed by atoms with Gasteiger partial charge in [0.2, 0.25) is 0 Å². The quantitative estimate of drug-likeness (QED) is 0.117. The van der Waals surface area contributed by atoms with Crippen molar-refractivity contribution < 1.29 is 13.3 Å². The first-order valence-electron chi connectivity index (χ1n) is 48.6. The summed E-state index contributed by atoms with van der Waals surface area (Å²) in [6.45, 7) is 0. The number of thiophene rings is 1. The fourth-order valence-corrected chi connectivity index (χ4v) is 23.2. The molecule has 0 fully saturated rings. The van der Waals surface area contributed by atoms with E-state index in [0.717, 1.165) is 221 Å². The van der Waals surface area contributed by atoms with Crippen LogP contribution in [-0.2, 0) is 0 Å². The number of aromatic nitrogens is 6. The minimum Gasteiger partial charge on any atom is -0.455 e. The lowest BCUT2D eigenvalue weighted by atomic mass is 9.91. The van der Waals surface area contributed by atoms with Crippen molar-refractivity contribution >= 4 is 184 Å². The van der Waals surface area contributed by atoms with E-state index in [0.29, 0.717) is 0 Å². The second kappa shape index (κ2) is 34.6. The lowest BCUT2D eigenvalue weighted by Crippen LogP contribution is -1.94. The molecule has 10 heteroatoms. The van der Waals surface area contributed by atoms with Gasteiger partial charge in [-0.1, -0.05) is 358 Å². The van der Waals surface area contributed by atoms with Gasteiger partial charge in [0, 0.05) is 147 Å². The van der Waals surface area contributed by atoms with E-state index in [9.17, 15) is 0 Å². The highest BCUT2D eigenvalue weighted by Crippen LogP contribution is 2.51. The highest BCUT2D eigenvalue weighted by molar-refractivity contribution is 7.26. The van der Waals surface area contributed by atoms with Crippen LogP contribution in [0.25, 0.3) is 296 Å². The number of fused-ring (bicyclic) bond motifs is 27. The topological polar surface area (TPSA) is 117 Å². The molecule has 144 heavy (non-hydrogen) atoms. The SMILES string of the molecule is c1ccc(-c2cc(-c3ccccn3)nc(-c3cc(-c4cccc5c4oc4ccc6c(-c7ccccc7)nc7ccccc7c6c45)ccn3)c2)cc1.c1ccc(-c2nc3ccccc3c3c2ccc2oc4c(-c5cccc(-c6cc7ccccc7c7ccccc67)c5)cccc4c23)cc1.c1ccc(-c2nc3ccccc3c3c2ccc2oc4c(-c5cccc(-c6cccc7c6sc6ccccc67)c5)cccc4c23)cc1. The van der Waals surface area contributed by atoms with Gasteiger partial charge in [-0.25, -0.2) is 19.9 Å². The molecule has 30 aromatic rings. The van der Waals surface area contributed by atoms with Crippen LogP contribution in [0.4, 0.5) is 0 Å². The van der Waals surface area contributed by atoms with E-state index in [2.05, 4.69) is 411 Å². The van der Waals surface area contributed by atoms with Crippen molar-refractivity contribution in [3.8, 4) is 123 Å². The summed E-state index contributed by atoms with van der Waals surface area (Å²) in [6.07, 6.45) is 3.65. The first-order chi connectivity index (χ1) is 71.4. The van der Waals surface area contributed by atoms with Crippen LogP contribution in [0.15, 0.2) is 499 Å². The van der Waals surface area contributed by atoms with Crippen LogP contribution in [0.3, 0.4) is 0 Å². The second-order valence-corrected chi connectivity index (χ2v) is 37.8. The number of furan rings is 3. The van der Waals surface area contributed by atoms with Gasteiger partial charge < -0.3 is 13.3 Å². The Morgan fingerprint density at radius 1 is 0.174 bits per heavy atom. The third kappa shape index (κ3) is 14.1. The number of para-hydroxylation sites is 6. The van der Waals surface area contributed by atoms with Crippen molar-refractivity contribution in [3.63, 3.8) is 0 Å². The number of pyridine rings is 6. The van der Waals surface area contributed by atoms with Crippen LogP contribution in [0.1, 0.15) is 0 Å². The summed E-state index contributed by atoms with van der Waals surface area (Å²) in [7, 11) is 0. The predicted octanol–water partition coefficient (Wildman–Crippen LogP) is 37.1. The van der Waals surface area contributed by atoms with Crippen LogP contribution >= 0.6 is 11.3 Å². The number of hydrogen-bond acceptors (Lipinski definition) is 10. The van der Waals surface area contributed by atoms with Gasteiger partial charge in [-0.05, 0) is 187 Å². The molecule has 0 aliphatic heterocycles. The van der Waals surface area contributed by atoms with Gasteiger partial charge in [-0.2, -0.15) is 0 Å². The minimum atomic E-state index is 0.769. The zero-order chi connectivity index (χ0) is 94.8. The van der Waals surface area contributed by atoms with Crippen molar-refractivity contribution in [3.05, 3.63) is 486 Å². The Morgan fingerprint density at radius 3 is 1.01 bits per heavy atom. The molecule has 0 saturated heterocycles. The van der Waals surface area contributed by atoms with E-state index in [1.165, 1.54) is 74.7 Å². The average molecular weight is 1850 g/mol. The Bertz CT molecular complexity index is 10400. The molecule has 0 amide bonds. The number of rotatable bonds is 11. The van der Waals surface area contributed by atoms with Gasteiger partial charge in [0.1, 0.15) is 33.5 Å². The van der Waals surface area contributed by atoms with E-state index in [-0.39, 0.29) is 0 Å². The third-order valence-electron chi connectivity index (χ3n) is 28.4. The molecule has 0 atom stereocenters. The van der Waals surface area contributed by atoms with Crippen molar-refractivity contribution in [2.75, 3.05) is 0 Å². The number of hydrogen-bond donors (Lipinski definition) is 0. The lowest BCUT2D eigenvalue weighted by molar-refractivity contribution is 0.670. The summed E-state index contributed by atoms with van der Waals surface area (Å²) < 4.78 is 23.0. The molecule has 30 rings (SSSR count). The van der Waals surface area contributed by atoms with Crippen molar-refractivity contribution in [2.24, 2.45) is 0 Å². The maximum Gasteiger partial charge on any atom is 0.143 e. The third-order valence-corrected chi connectivity index (χ3v) is 29.7. The van der Waals surface area contributed by atoms with E-state index in [1.54, 1.807) is 6.20 Å². The van der Waals surface area contributed by atoms with Crippen LogP contribution in [0.2, 0.25) is 0 Å². The van der Waals surface area contributed by atoms with Crippen molar-refractivity contribution in [2.45, 2.75) is 0 Å². The molecular weight excluding hydrogens is 1770 g/mol. The molecule has 10 aromatic heterocycles. The average Bonchev–Trinajstić information content (AvgIpc) is 1.38. The highest BCUT2D eigenvalue weighted by atomic mass is 32.1. The molecule has 0 N–H and O–H groups in total. The van der Waals surface area contributed by atoms with Crippen LogP contribution in [0, 0.1) is 0 Å². The lowest BCUT2D eigenvalue weighted by Gasteiger charge is -2.12. The summed E-state index contributed by atoms with van der Waals surface area (Å²) in [4.78, 5) is 30.0. The zero-order valence-electron chi connectivity index (χ0n) is 77.5. The van der Waals surface area contributed by atoms with Crippen LogP contribution < -0.4 is 0 Å². The van der Waals surface area contributed by atoms with Gasteiger partial charge in [0.05, 0.1) is 56.4 Å². The maximum absolute atomic E-state index is 6.79. The van der Waals surface area contributed by atoms with Gasteiger partial charge in [-0.3, -0.25) is 9.97 Å². The molecular formula is C134H80N6O3S. The van der Waals surface area contributed by atoms with Gasteiger partial charge in [-0.15, -0.1) is 11.3 Å². The summed E-state index contributed by atoms with van der Waals surface area (Å²) in [5.74, 6) is 0. The van der Waals surface area contributed by atoms with Gasteiger partial charge in [0.15, 0.2) is 0 Å². The molecule has 20 aromatic carbocycles. The smallest absolute Gasteiger partial charge is 0.143 e. The molecule has 0 radical (unpaired) electrons. The first-order valence-corrected chi connectivity index (χ1v) is 49.4. The fourth-order valence-electron chi connectivity index (χ4n) is 21.9. The Kier molecular flexibility index (Phi) is 20.0. The zero-order valence-corrected chi connectivity index (χ0v) is 78.3. The highest BCUT2D eigenvalue weighted by Gasteiger charge is 2.27. The first kappa shape index (κ1) is 83.2. The normalized spacial score (nSPS) is 11.8. The molecule has 0 unspecified atom stereocenters. The maximum atomic E-state index is 6.79. The van der Waals surface area contributed by atoms with E-state index in [4.69, 9.17) is 38.2 Å². The largest absolute Gasteiger partial charge is 0.455 e. The summed E-state index contributed by atoms with van der Waals surface area (Å²) in [6, 6.07) is 166. The van der Waals surface area contributed by atoms with Crippen LogP contribution in [-0.4, -0.2) is 29.9 Å². The summed E-state index contributed by atoms with van der Waals surface area (Å²) >= 11 is 1.87. The monoisotopic (exact) mass is 1850 g/mol. The fraction of sp³-hybridized carbons (Fsp3) is 0. The molecule has 0 aliphatic carbocycles. The van der Waals surface area contributed by atoms with E-state index in [1.807, 2.05) is 84.3 Å². The van der Waals surface area contributed by atoms with E-state index < -0.39 is 0 Å². The van der Waals surface area contributed by atoms with Crippen molar-refractivity contribution in [1.29, 1.82) is 0 Å². The minimum absolute atomic E-state index is 0.769. The predicted molar refractivity (Wildman–Crippen MR) is 601 cm³/mol. The molecule has 0 spiro atoms. The van der Waals surface area contributed by atoms with Gasteiger partial charge in [0.25, 0.3) is 0 Å². The standard InChI is InChI=1S/C46H28N4O.C45H27NO.C43H25NOS/c1-3-12-29(13-4-1)32-27-40(38-20-9-10-24-47-38)49-41(28-32)39-26-31(23-25-48-39)33-17-11-18-36-44-42(51-46(33)36)22-21-35-43(44)34-16-7-8-19-37(34)50-45(35)30-14-5-2-6-15-30;1-2-12-28(13-3-1)44-37-24-25-41-43(42(37)36-20-8-9-23-40(36)46-44)38-22-11-21-33(45(38)47-41)29-15-10-16-30(26-29)39-27-31-14-4-5-17-32(31)34-18-6-7-19-35(34)39;1-2-11-26(12-3-1)41-34-23-24-37-40(39(34)33-16-4-6-21-36(33)44-41)35-20-9-17-29(42(35)45-37)27-13-8-14-28(25-27)30-18-10-19-32-31-15-5-7-22-38(31)46-43(30)32/h1-28H;1-27H;1-25H. The second-order valence-electron chi connectivity index (χ2n) is 36.7. The Hall–Kier alpha value is -19.0. The van der Waals surface area contributed by atoms with Crippen LogP contribution in [0.5, 0.6) is 0 Å². The summed E-state index contributed by atoms with van der Waals surface area (Å²) in [5, 5.41) is 24.5. The Labute approximate surface area is 829 Å². The number of nitrogens with zero attached hydrogens (tertiary/aromatic N) is 6. The van der Waals surface area contributed by atoms with Crippen molar-refractivity contribution in [1.82, 2.24) is 29.9 Å². The molecule has 0 bridgehead atoms. The molecule has 10 heterocycles.